The SMILES string of the molecule is Cl.Cl.Nc1ccc(CC(=O)Nc2ccccc2N2CCCCC2)nc1. The molecule has 0 aliphatic carbocycles. The molecule has 136 valence electrons. The van der Waals surface area contributed by atoms with E-state index in [4.69, 9.17) is 5.73 Å². The van der Waals surface area contributed by atoms with Crippen LogP contribution in [0.2, 0.25) is 0 Å². The number of rotatable bonds is 4. The topological polar surface area (TPSA) is 71.2 Å². The van der Waals surface area contributed by atoms with Crippen molar-refractivity contribution in [3.8, 4) is 0 Å². The molecule has 1 aromatic heterocycles. The van der Waals surface area contributed by atoms with Crippen molar-refractivity contribution < 1.29 is 4.79 Å². The van der Waals surface area contributed by atoms with E-state index in [0.717, 1.165) is 24.5 Å². The van der Waals surface area contributed by atoms with Crippen molar-refractivity contribution in [3.05, 3.63) is 48.3 Å². The standard InChI is InChI=1S/C18H22N4O.2ClH/c19-14-8-9-15(20-13-14)12-18(23)21-16-6-2-3-7-17(16)22-10-4-1-5-11-22;;/h2-3,6-9,13H,1,4-5,10-12,19H2,(H,21,23);2*1H. The number of nitrogen functional groups attached to an aromatic ring is 1. The number of nitrogens with two attached hydrogens (primary N) is 1. The van der Waals surface area contributed by atoms with Crippen LogP contribution in [0.4, 0.5) is 17.1 Å². The van der Waals surface area contributed by atoms with Crippen LogP contribution in [0.5, 0.6) is 0 Å². The van der Waals surface area contributed by atoms with Crippen molar-refractivity contribution in [2.75, 3.05) is 29.0 Å². The maximum atomic E-state index is 12.3. The summed E-state index contributed by atoms with van der Waals surface area (Å²) in [6, 6.07) is 11.5. The molecule has 3 rings (SSSR count). The lowest BCUT2D eigenvalue weighted by Crippen LogP contribution is -2.30. The van der Waals surface area contributed by atoms with Gasteiger partial charge < -0.3 is 16.0 Å². The highest BCUT2D eigenvalue weighted by atomic mass is 35.5. The minimum atomic E-state index is -0.0632. The summed E-state index contributed by atoms with van der Waals surface area (Å²) in [6.07, 6.45) is 5.52. The molecule has 0 radical (unpaired) electrons. The second-order valence-electron chi connectivity index (χ2n) is 5.87. The van der Waals surface area contributed by atoms with Crippen LogP contribution in [0.3, 0.4) is 0 Å². The van der Waals surface area contributed by atoms with Gasteiger partial charge >= 0.3 is 0 Å². The summed E-state index contributed by atoms with van der Waals surface area (Å²) in [5.74, 6) is -0.0632. The smallest absolute Gasteiger partial charge is 0.230 e. The third kappa shape index (κ3) is 5.80. The lowest BCUT2D eigenvalue weighted by Gasteiger charge is -2.30. The molecule has 0 spiro atoms. The van der Waals surface area contributed by atoms with Crippen LogP contribution in [0.15, 0.2) is 42.6 Å². The summed E-state index contributed by atoms with van der Waals surface area (Å²) >= 11 is 0. The van der Waals surface area contributed by atoms with Crippen LogP contribution in [0.25, 0.3) is 0 Å². The summed E-state index contributed by atoms with van der Waals surface area (Å²) in [5.41, 5.74) is 8.90. The van der Waals surface area contributed by atoms with Gasteiger partial charge in [-0.25, -0.2) is 0 Å². The van der Waals surface area contributed by atoms with E-state index in [1.54, 1.807) is 18.3 Å². The van der Waals surface area contributed by atoms with Gasteiger partial charge in [0.25, 0.3) is 0 Å². The molecule has 0 unspecified atom stereocenters. The Kier molecular flexibility index (Phi) is 8.52. The largest absolute Gasteiger partial charge is 0.397 e. The van der Waals surface area contributed by atoms with Crippen LogP contribution in [-0.4, -0.2) is 24.0 Å². The number of amides is 1. The first-order chi connectivity index (χ1) is 11.2. The van der Waals surface area contributed by atoms with Crippen LogP contribution < -0.4 is 16.0 Å². The first-order valence-electron chi connectivity index (χ1n) is 8.06. The quantitative estimate of drug-likeness (QED) is 0.845. The highest BCUT2D eigenvalue weighted by Crippen LogP contribution is 2.28. The van der Waals surface area contributed by atoms with E-state index in [1.807, 2.05) is 18.2 Å². The minimum absolute atomic E-state index is 0. The average molecular weight is 383 g/mol. The van der Waals surface area contributed by atoms with Crippen LogP contribution in [0.1, 0.15) is 25.0 Å². The lowest BCUT2D eigenvalue weighted by atomic mass is 10.1. The number of carbonyl (C=O) groups excluding carboxylic acids is 1. The normalized spacial score (nSPS) is 13.4. The first kappa shape index (κ1) is 21.1. The van der Waals surface area contributed by atoms with Gasteiger partial charge in [0.15, 0.2) is 0 Å². The number of halogens is 2. The van der Waals surface area contributed by atoms with E-state index in [2.05, 4.69) is 21.3 Å². The second kappa shape index (κ2) is 10.1. The molecule has 2 heterocycles. The van der Waals surface area contributed by atoms with Crippen molar-refractivity contribution in [3.63, 3.8) is 0 Å². The molecular weight excluding hydrogens is 359 g/mol. The van der Waals surface area contributed by atoms with Crippen LogP contribution in [0, 0.1) is 0 Å². The second-order valence-corrected chi connectivity index (χ2v) is 5.87. The number of pyridine rings is 1. The molecule has 25 heavy (non-hydrogen) atoms. The monoisotopic (exact) mass is 382 g/mol. The van der Waals surface area contributed by atoms with Gasteiger partial charge in [0, 0.05) is 18.8 Å². The van der Waals surface area contributed by atoms with Gasteiger partial charge in [0.05, 0.1) is 29.7 Å². The fraction of sp³-hybridized carbons (Fsp3) is 0.333. The Balaban J connectivity index is 0.00000156. The van der Waals surface area contributed by atoms with Gasteiger partial charge in [0.2, 0.25) is 5.91 Å². The average Bonchev–Trinajstić information content (AvgIpc) is 2.58. The Labute approximate surface area is 160 Å². The van der Waals surface area contributed by atoms with E-state index < -0.39 is 0 Å². The molecule has 1 aliphatic heterocycles. The van der Waals surface area contributed by atoms with Gasteiger partial charge in [-0.1, -0.05) is 12.1 Å². The molecular formula is C18H24Cl2N4O. The third-order valence-corrected chi connectivity index (χ3v) is 4.06. The number of nitrogens with zero attached hydrogens (tertiary/aromatic N) is 2. The zero-order valence-electron chi connectivity index (χ0n) is 14.0. The highest BCUT2D eigenvalue weighted by Gasteiger charge is 2.15. The summed E-state index contributed by atoms with van der Waals surface area (Å²) < 4.78 is 0. The van der Waals surface area contributed by atoms with Gasteiger partial charge in [-0.2, -0.15) is 0 Å². The molecule has 0 bridgehead atoms. The maximum absolute atomic E-state index is 12.3. The van der Waals surface area contributed by atoms with Crippen molar-refractivity contribution >= 4 is 47.8 Å². The molecule has 1 amide bonds. The Morgan fingerprint density at radius 1 is 1.08 bits per heavy atom. The number of para-hydroxylation sites is 2. The Morgan fingerprint density at radius 2 is 1.80 bits per heavy atom. The van der Waals surface area contributed by atoms with Crippen molar-refractivity contribution in [2.45, 2.75) is 25.7 Å². The highest BCUT2D eigenvalue weighted by molar-refractivity contribution is 5.95. The predicted molar refractivity (Wildman–Crippen MR) is 108 cm³/mol. The number of hydrogen-bond donors (Lipinski definition) is 2. The van der Waals surface area contributed by atoms with Crippen molar-refractivity contribution in [2.24, 2.45) is 0 Å². The molecule has 5 nitrogen and oxygen atoms in total. The summed E-state index contributed by atoms with van der Waals surface area (Å²) in [7, 11) is 0. The number of benzene rings is 1. The maximum Gasteiger partial charge on any atom is 0.230 e. The van der Waals surface area contributed by atoms with Gasteiger partial charge in [0.1, 0.15) is 0 Å². The number of carbonyl (C=O) groups is 1. The number of hydrogen-bond acceptors (Lipinski definition) is 4. The summed E-state index contributed by atoms with van der Waals surface area (Å²) in [5, 5.41) is 3.02. The molecule has 1 fully saturated rings. The van der Waals surface area contributed by atoms with E-state index in [-0.39, 0.29) is 37.1 Å². The van der Waals surface area contributed by atoms with E-state index in [9.17, 15) is 4.79 Å². The number of nitrogens with one attached hydrogen (secondary N) is 1. The van der Waals surface area contributed by atoms with Crippen molar-refractivity contribution in [1.29, 1.82) is 0 Å². The zero-order chi connectivity index (χ0) is 16.1. The lowest BCUT2D eigenvalue weighted by molar-refractivity contribution is -0.115. The van der Waals surface area contributed by atoms with Gasteiger partial charge in [-0.3, -0.25) is 9.78 Å². The molecule has 7 heteroatoms. The molecule has 2 aromatic rings. The minimum Gasteiger partial charge on any atom is -0.397 e. The van der Waals surface area contributed by atoms with E-state index in [1.165, 1.54) is 19.3 Å². The van der Waals surface area contributed by atoms with Crippen LogP contribution in [-0.2, 0) is 11.2 Å². The molecule has 1 aromatic carbocycles. The van der Waals surface area contributed by atoms with Crippen molar-refractivity contribution in [1.82, 2.24) is 4.98 Å². The number of piperidine rings is 1. The number of anilines is 3. The van der Waals surface area contributed by atoms with E-state index >= 15 is 0 Å². The fourth-order valence-corrected chi connectivity index (χ4v) is 2.89. The first-order valence-corrected chi connectivity index (χ1v) is 8.06. The summed E-state index contributed by atoms with van der Waals surface area (Å²) in [4.78, 5) is 18.8. The van der Waals surface area contributed by atoms with Crippen LogP contribution >= 0.6 is 24.8 Å². The zero-order valence-corrected chi connectivity index (χ0v) is 15.6. The number of aromatic nitrogens is 1. The molecule has 1 saturated heterocycles. The molecule has 0 atom stereocenters. The Morgan fingerprint density at radius 3 is 2.48 bits per heavy atom. The predicted octanol–water partition coefficient (Wildman–Crippen LogP) is 3.68. The van der Waals surface area contributed by atoms with E-state index in [0.29, 0.717) is 11.4 Å². The fourth-order valence-electron chi connectivity index (χ4n) is 2.89. The van der Waals surface area contributed by atoms with Gasteiger partial charge in [-0.05, 0) is 43.5 Å². The Hall–Kier alpha value is -1.98. The summed E-state index contributed by atoms with van der Waals surface area (Å²) in [6.45, 7) is 2.10. The Bertz CT molecular complexity index is 673. The third-order valence-electron chi connectivity index (χ3n) is 4.06. The molecule has 1 aliphatic rings. The van der Waals surface area contributed by atoms with Gasteiger partial charge in [-0.15, -0.1) is 24.8 Å². The molecule has 3 N–H and O–H groups in total. The molecule has 0 saturated carbocycles.